The van der Waals surface area contributed by atoms with Gasteiger partial charge in [0, 0.05) is 10.9 Å². The minimum Gasteiger partial charge on any atom is -0.467 e. The van der Waals surface area contributed by atoms with Gasteiger partial charge in [0.05, 0.1) is 13.7 Å². The molecule has 1 aromatic heterocycles. The van der Waals surface area contributed by atoms with Gasteiger partial charge in [-0.25, -0.2) is 4.79 Å². The van der Waals surface area contributed by atoms with Gasteiger partial charge in [0.1, 0.15) is 11.7 Å². The van der Waals surface area contributed by atoms with E-state index in [0.29, 0.717) is 12.2 Å². The van der Waals surface area contributed by atoms with Crippen molar-refractivity contribution in [2.45, 2.75) is 12.6 Å². The molecule has 1 aliphatic rings. The van der Waals surface area contributed by atoms with Crippen molar-refractivity contribution in [3.05, 3.63) is 36.0 Å². The fraction of sp³-hybridized carbons (Fsp3) is 0.231. The van der Waals surface area contributed by atoms with Gasteiger partial charge in [-0.2, -0.15) is 0 Å². The first-order valence-corrected chi connectivity index (χ1v) is 5.67. The number of hydrogen-bond acceptors (Lipinski definition) is 3. The van der Waals surface area contributed by atoms with Gasteiger partial charge in [-0.15, -0.1) is 0 Å². The topological polar surface area (TPSA) is 60.3 Å². The lowest BCUT2D eigenvalue weighted by molar-refractivity contribution is -0.143. The molecule has 18 heavy (non-hydrogen) atoms. The number of nitrogens with one attached hydrogen (secondary N) is 1. The number of para-hydroxylation sites is 1. The Morgan fingerprint density at radius 2 is 2.22 bits per heavy atom. The molecule has 0 aliphatic carbocycles. The first-order valence-electron chi connectivity index (χ1n) is 5.67. The molecule has 1 N–H and O–H groups in total. The number of ether oxygens (including phenoxy) is 1. The Balaban J connectivity index is 2.12. The summed E-state index contributed by atoms with van der Waals surface area (Å²) in [4.78, 5) is 23.5. The number of nitrogens with zero attached hydrogens (tertiary/aromatic N) is 1. The third kappa shape index (κ3) is 1.48. The van der Waals surface area contributed by atoms with Gasteiger partial charge < -0.3 is 14.6 Å². The minimum absolute atomic E-state index is 0.243. The number of fused-ring (bicyclic) bond motifs is 3. The predicted molar refractivity (Wildman–Crippen MR) is 65.2 cm³/mol. The van der Waals surface area contributed by atoms with Crippen LogP contribution in [0.1, 0.15) is 10.5 Å². The Morgan fingerprint density at radius 1 is 1.44 bits per heavy atom. The highest BCUT2D eigenvalue weighted by molar-refractivity contribution is 6.01. The normalized spacial score (nSPS) is 18.3. The Bertz CT molecular complexity index is 645. The zero-order valence-corrected chi connectivity index (χ0v) is 9.84. The molecular formula is C13H12N2O3. The molecule has 0 saturated heterocycles. The van der Waals surface area contributed by atoms with E-state index >= 15 is 0 Å². The fourth-order valence-corrected chi connectivity index (χ4v) is 2.33. The number of esters is 1. The molecule has 1 aliphatic heterocycles. The van der Waals surface area contributed by atoms with Crippen molar-refractivity contribution >= 4 is 22.8 Å². The summed E-state index contributed by atoms with van der Waals surface area (Å²) in [6.45, 7) is 0.404. The highest BCUT2D eigenvalue weighted by atomic mass is 16.5. The molecule has 2 heterocycles. The number of carbonyl (C=O) groups is 2. The summed E-state index contributed by atoms with van der Waals surface area (Å²) in [5.74, 6) is -0.667. The number of rotatable bonds is 1. The average Bonchev–Trinajstić information content (AvgIpc) is 2.77. The van der Waals surface area contributed by atoms with Crippen molar-refractivity contribution in [1.82, 2.24) is 9.88 Å². The molecule has 1 aromatic carbocycles. The van der Waals surface area contributed by atoms with Gasteiger partial charge in [0.15, 0.2) is 0 Å². The molecule has 0 bridgehead atoms. The number of amides is 1. The van der Waals surface area contributed by atoms with E-state index in [1.807, 2.05) is 34.9 Å². The van der Waals surface area contributed by atoms with E-state index in [2.05, 4.69) is 10.1 Å². The molecule has 0 fully saturated rings. The van der Waals surface area contributed by atoms with Crippen molar-refractivity contribution in [2.24, 2.45) is 0 Å². The van der Waals surface area contributed by atoms with Crippen LogP contribution in [0.5, 0.6) is 0 Å². The lowest BCUT2D eigenvalue weighted by Crippen LogP contribution is -2.49. The molecule has 2 aromatic rings. The number of methoxy groups -OCH3 is 1. The standard InChI is InChI=1S/C13H12N2O3/c1-18-13(17)9-7-15-10-5-3-2-4-8(10)6-11(15)12(16)14-9/h2-6,9H,7H2,1H3,(H,14,16)/t9-/m1/s1. The third-order valence-corrected chi connectivity index (χ3v) is 3.20. The van der Waals surface area contributed by atoms with E-state index in [9.17, 15) is 9.59 Å². The molecule has 1 atom stereocenters. The lowest BCUT2D eigenvalue weighted by atomic mass is 10.2. The smallest absolute Gasteiger partial charge is 0.330 e. The molecule has 0 saturated carbocycles. The van der Waals surface area contributed by atoms with Gasteiger partial charge in [-0.3, -0.25) is 4.79 Å². The molecule has 92 valence electrons. The summed E-state index contributed by atoms with van der Waals surface area (Å²) in [7, 11) is 1.32. The first kappa shape index (κ1) is 10.8. The van der Waals surface area contributed by atoms with Crippen molar-refractivity contribution in [1.29, 1.82) is 0 Å². The second-order valence-corrected chi connectivity index (χ2v) is 4.25. The molecule has 0 unspecified atom stereocenters. The van der Waals surface area contributed by atoms with Gasteiger partial charge >= 0.3 is 5.97 Å². The highest BCUT2D eigenvalue weighted by Crippen LogP contribution is 2.22. The SMILES string of the molecule is COC(=O)[C@H]1Cn2c(cc3ccccc32)C(=O)N1. The van der Waals surface area contributed by atoms with Crippen LogP contribution in [0.4, 0.5) is 0 Å². The van der Waals surface area contributed by atoms with Crippen LogP contribution in [0, 0.1) is 0 Å². The van der Waals surface area contributed by atoms with Gasteiger partial charge in [0.2, 0.25) is 0 Å². The van der Waals surface area contributed by atoms with Crippen molar-refractivity contribution in [2.75, 3.05) is 7.11 Å². The van der Waals surface area contributed by atoms with Crippen molar-refractivity contribution in [3.8, 4) is 0 Å². The van der Waals surface area contributed by atoms with Crippen LogP contribution < -0.4 is 5.32 Å². The Hall–Kier alpha value is -2.30. The number of benzene rings is 1. The quantitative estimate of drug-likeness (QED) is 0.759. The summed E-state index contributed by atoms with van der Waals surface area (Å²) in [6.07, 6.45) is 0. The molecule has 0 spiro atoms. The Morgan fingerprint density at radius 3 is 3.00 bits per heavy atom. The largest absolute Gasteiger partial charge is 0.467 e. The fourth-order valence-electron chi connectivity index (χ4n) is 2.33. The maximum atomic E-state index is 11.9. The van der Waals surface area contributed by atoms with Crippen LogP contribution in [0.2, 0.25) is 0 Å². The molecule has 5 nitrogen and oxygen atoms in total. The summed E-state index contributed by atoms with van der Waals surface area (Å²) < 4.78 is 6.53. The van der Waals surface area contributed by atoms with Gasteiger partial charge in [-0.05, 0) is 12.1 Å². The van der Waals surface area contributed by atoms with Crippen LogP contribution in [0.3, 0.4) is 0 Å². The van der Waals surface area contributed by atoms with E-state index in [4.69, 9.17) is 0 Å². The zero-order valence-electron chi connectivity index (χ0n) is 9.84. The van der Waals surface area contributed by atoms with Crippen LogP contribution in [0.25, 0.3) is 10.9 Å². The van der Waals surface area contributed by atoms with Gasteiger partial charge in [0.25, 0.3) is 5.91 Å². The van der Waals surface area contributed by atoms with Crippen LogP contribution in [0.15, 0.2) is 30.3 Å². The minimum atomic E-state index is -0.620. The van der Waals surface area contributed by atoms with E-state index in [1.165, 1.54) is 7.11 Å². The number of carbonyl (C=O) groups excluding carboxylic acids is 2. The van der Waals surface area contributed by atoms with E-state index in [0.717, 1.165) is 10.9 Å². The number of aromatic nitrogens is 1. The van der Waals surface area contributed by atoms with E-state index < -0.39 is 12.0 Å². The highest BCUT2D eigenvalue weighted by Gasteiger charge is 2.30. The summed E-state index contributed by atoms with van der Waals surface area (Å²) in [6, 6.07) is 8.93. The van der Waals surface area contributed by atoms with Crippen LogP contribution in [-0.2, 0) is 16.1 Å². The number of hydrogen-bond donors (Lipinski definition) is 1. The second kappa shape index (κ2) is 3.87. The molecular weight excluding hydrogens is 232 g/mol. The predicted octanol–water partition coefficient (Wildman–Crippen LogP) is 0.926. The maximum absolute atomic E-state index is 11.9. The summed E-state index contributed by atoms with van der Waals surface area (Å²) >= 11 is 0. The summed E-state index contributed by atoms with van der Waals surface area (Å²) in [5, 5.41) is 3.64. The maximum Gasteiger partial charge on any atom is 0.330 e. The first-order chi connectivity index (χ1) is 8.70. The average molecular weight is 244 g/mol. The Labute approximate surface area is 103 Å². The molecule has 0 radical (unpaired) electrons. The zero-order chi connectivity index (χ0) is 12.7. The van der Waals surface area contributed by atoms with Crippen LogP contribution in [-0.4, -0.2) is 29.6 Å². The van der Waals surface area contributed by atoms with Gasteiger partial charge in [-0.1, -0.05) is 18.2 Å². The van der Waals surface area contributed by atoms with E-state index in [1.54, 1.807) is 0 Å². The van der Waals surface area contributed by atoms with Crippen molar-refractivity contribution < 1.29 is 14.3 Å². The molecule has 5 heteroatoms. The summed E-state index contributed by atoms with van der Waals surface area (Å²) in [5.41, 5.74) is 1.53. The van der Waals surface area contributed by atoms with Crippen LogP contribution >= 0.6 is 0 Å². The lowest BCUT2D eigenvalue weighted by Gasteiger charge is -2.24. The monoisotopic (exact) mass is 244 g/mol. The van der Waals surface area contributed by atoms with E-state index in [-0.39, 0.29) is 5.91 Å². The molecule has 3 rings (SSSR count). The van der Waals surface area contributed by atoms with Crippen molar-refractivity contribution in [3.63, 3.8) is 0 Å². The second-order valence-electron chi connectivity index (χ2n) is 4.25. The Kier molecular flexibility index (Phi) is 2.33. The third-order valence-electron chi connectivity index (χ3n) is 3.20. The molecule has 1 amide bonds.